The number of carbonyl (C=O) groups excluding carboxylic acids is 2. The van der Waals surface area contributed by atoms with Crippen molar-refractivity contribution in [3.63, 3.8) is 0 Å². The maximum absolute atomic E-state index is 13.3. The molecule has 13 heteroatoms. The highest BCUT2D eigenvalue weighted by Gasteiger charge is 2.44. The molecule has 35 heavy (non-hydrogen) atoms. The van der Waals surface area contributed by atoms with Crippen LogP contribution in [-0.4, -0.2) is 45.7 Å². The minimum absolute atomic E-state index is 0.173. The molecule has 8 nitrogen and oxygen atoms in total. The fraction of sp³-hybridized carbons (Fsp3) is 0.273. The Morgan fingerprint density at radius 3 is 2.14 bits per heavy atom. The lowest BCUT2D eigenvalue weighted by Gasteiger charge is -2.19. The molecule has 0 bridgehead atoms. The van der Waals surface area contributed by atoms with Gasteiger partial charge in [0.2, 0.25) is 0 Å². The third kappa shape index (κ3) is 5.92. The zero-order valence-corrected chi connectivity index (χ0v) is 19.1. The molecule has 0 radical (unpaired) electrons. The molecule has 0 saturated carbocycles. The number of ether oxygens (including phenoxy) is 3. The van der Waals surface area contributed by atoms with Gasteiger partial charge in [-0.1, -0.05) is 28.4 Å². The largest absolute Gasteiger partial charge is 0.459 e. The Kier molecular flexibility index (Phi) is 7.29. The number of rotatable bonds is 6. The van der Waals surface area contributed by atoms with Crippen molar-refractivity contribution in [2.24, 2.45) is 0 Å². The Balaban J connectivity index is 1.51. The van der Waals surface area contributed by atoms with Gasteiger partial charge in [-0.05, 0) is 48.5 Å². The van der Waals surface area contributed by atoms with Crippen LogP contribution in [0.5, 0.6) is 0 Å². The lowest BCUT2D eigenvalue weighted by molar-refractivity contribution is -0.150. The van der Waals surface area contributed by atoms with Gasteiger partial charge in [-0.25, -0.2) is 14.3 Å². The topological polar surface area (TPSA) is 92.5 Å². The number of hydrogen-bond acceptors (Lipinski definition) is 7. The van der Waals surface area contributed by atoms with Gasteiger partial charge in [0.1, 0.15) is 18.8 Å². The van der Waals surface area contributed by atoms with E-state index in [0.717, 1.165) is 0 Å². The van der Waals surface area contributed by atoms with Crippen LogP contribution in [0.25, 0.3) is 0 Å². The van der Waals surface area contributed by atoms with E-state index >= 15 is 0 Å². The number of nitrogens with zero attached hydrogens (tertiary/aromatic N) is 3. The van der Waals surface area contributed by atoms with Crippen LogP contribution in [-0.2, 0) is 20.4 Å². The highest BCUT2D eigenvalue weighted by atomic mass is 35.5. The monoisotopic (exact) mass is 529 g/mol. The van der Waals surface area contributed by atoms with E-state index < -0.39 is 48.9 Å². The highest BCUT2D eigenvalue weighted by molar-refractivity contribution is 6.31. The molecular weight excluding hydrogens is 514 g/mol. The molecule has 0 unspecified atom stereocenters. The Morgan fingerprint density at radius 1 is 1.00 bits per heavy atom. The number of hydrogen-bond donors (Lipinski definition) is 0. The van der Waals surface area contributed by atoms with E-state index in [2.05, 4.69) is 10.3 Å². The first-order valence-electron chi connectivity index (χ1n) is 10.1. The Bertz CT molecular complexity index is 1200. The molecule has 0 amide bonds. The molecule has 1 aliphatic heterocycles. The van der Waals surface area contributed by atoms with E-state index in [1.807, 2.05) is 0 Å². The SMILES string of the molecule is O=C(OC[C@H]1O[C@H](n2nncc2C(F)(F)F)C[C@@H]1OC(=O)c1ccc(Cl)cc1)c1ccc(Cl)cc1. The zero-order valence-electron chi connectivity index (χ0n) is 17.6. The van der Waals surface area contributed by atoms with Gasteiger partial charge in [0, 0.05) is 16.5 Å². The first-order chi connectivity index (χ1) is 16.6. The first-order valence-corrected chi connectivity index (χ1v) is 10.9. The third-order valence-electron chi connectivity index (χ3n) is 5.12. The molecule has 1 aromatic heterocycles. The molecule has 4 rings (SSSR count). The summed E-state index contributed by atoms with van der Waals surface area (Å²) in [5.74, 6) is -1.46. The van der Waals surface area contributed by atoms with Crippen molar-refractivity contribution in [2.45, 2.75) is 31.0 Å². The number of benzene rings is 2. The maximum Gasteiger partial charge on any atom is 0.434 e. The average molecular weight is 530 g/mol. The molecule has 1 aliphatic rings. The third-order valence-corrected chi connectivity index (χ3v) is 5.62. The van der Waals surface area contributed by atoms with Gasteiger partial charge in [-0.15, -0.1) is 5.10 Å². The van der Waals surface area contributed by atoms with Gasteiger partial charge in [0.15, 0.2) is 11.9 Å². The highest BCUT2D eigenvalue weighted by Crippen LogP contribution is 2.36. The van der Waals surface area contributed by atoms with Crippen LogP contribution in [0, 0.1) is 0 Å². The standard InChI is InChI=1S/C22H16Cl2F3N3O5/c23-14-5-1-12(2-6-14)20(31)33-11-17-16(35-21(32)13-3-7-15(24)8-4-13)9-19(34-17)30-18(10-28-29-30)22(25,26)27/h1-8,10,16-17,19H,9,11H2/t16-,17+,19-/m0/s1. The van der Waals surface area contributed by atoms with Crippen molar-refractivity contribution >= 4 is 35.1 Å². The molecule has 0 spiro atoms. The van der Waals surface area contributed by atoms with Crippen molar-refractivity contribution in [3.05, 3.63) is 81.6 Å². The molecule has 1 saturated heterocycles. The second-order valence-electron chi connectivity index (χ2n) is 7.48. The second-order valence-corrected chi connectivity index (χ2v) is 8.36. The Morgan fingerprint density at radius 2 is 1.57 bits per heavy atom. The van der Waals surface area contributed by atoms with Gasteiger partial charge in [0.25, 0.3) is 0 Å². The van der Waals surface area contributed by atoms with Gasteiger partial charge in [0.05, 0.1) is 17.3 Å². The summed E-state index contributed by atoms with van der Waals surface area (Å²) < 4.78 is 57.0. The molecule has 2 heterocycles. The maximum atomic E-state index is 13.3. The zero-order chi connectivity index (χ0) is 25.2. The molecule has 0 N–H and O–H groups in total. The molecule has 184 valence electrons. The number of carbonyl (C=O) groups is 2. The minimum atomic E-state index is -4.73. The smallest absolute Gasteiger partial charge is 0.434 e. The lowest BCUT2D eigenvalue weighted by atomic mass is 10.1. The van der Waals surface area contributed by atoms with E-state index in [1.54, 1.807) is 0 Å². The summed E-state index contributed by atoms with van der Waals surface area (Å²) in [4.78, 5) is 25.0. The van der Waals surface area contributed by atoms with Gasteiger partial charge in [-0.2, -0.15) is 13.2 Å². The van der Waals surface area contributed by atoms with Crippen LogP contribution < -0.4 is 0 Å². The molecule has 3 atom stereocenters. The Hall–Kier alpha value is -3.15. The van der Waals surface area contributed by atoms with E-state index in [0.29, 0.717) is 20.9 Å². The van der Waals surface area contributed by atoms with Crippen molar-refractivity contribution in [1.29, 1.82) is 0 Å². The van der Waals surface area contributed by atoms with Crippen molar-refractivity contribution in [3.8, 4) is 0 Å². The van der Waals surface area contributed by atoms with Gasteiger partial charge >= 0.3 is 18.1 Å². The van der Waals surface area contributed by atoms with Crippen molar-refractivity contribution < 1.29 is 37.0 Å². The summed E-state index contributed by atoms with van der Waals surface area (Å²) >= 11 is 11.6. The quantitative estimate of drug-likeness (QED) is 0.416. The van der Waals surface area contributed by atoms with Gasteiger partial charge in [-0.3, -0.25) is 0 Å². The number of esters is 2. The normalized spacial score (nSPS) is 20.0. The van der Waals surface area contributed by atoms with Crippen molar-refractivity contribution in [1.82, 2.24) is 15.0 Å². The molecule has 0 aliphatic carbocycles. The second kappa shape index (κ2) is 10.2. The summed E-state index contributed by atoms with van der Waals surface area (Å²) in [5.41, 5.74) is -0.759. The predicted octanol–water partition coefficient (Wildman–Crippen LogP) is 4.97. The number of alkyl halides is 3. The van der Waals surface area contributed by atoms with E-state index in [1.165, 1.54) is 48.5 Å². The average Bonchev–Trinajstić information content (AvgIpc) is 3.45. The van der Waals surface area contributed by atoms with Crippen LogP contribution in [0.1, 0.15) is 39.1 Å². The fourth-order valence-electron chi connectivity index (χ4n) is 3.40. The van der Waals surface area contributed by atoms with Gasteiger partial charge < -0.3 is 14.2 Å². The summed E-state index contributed by atoms with van der Waals surface area (Å²) in [6, 6.07) is 11.8. The molecule has 1 fully saturated rings. The van der Waals surface area contributed by atoms with Crippen LogP contribution in [0.3, 0.4) is 0 Å². The summed E-state index contributed by atoms with van der Waals surface area (Å²) in [7, 11) is 0. The summed E-state index contributed by atoms with van der Waals surface area (Å²) in [6.07, 6.45) is -7.75. The van der Waals surface area contributed by atoms with Crippen LogP contribution in [0.15, 0.2) is 54.7 Å². The molecule has 2 aromatic carbocycles. The van der Waals surface area contributed by atoms with E-state index in [-0.39, 0.29) is 17.5 Å². The number of aromatic nitrogens is 3. The molecule has 3 aromatic rings. The van der Waals surface area contributed by atoms with Crippen molar-refractivity contribution in [2.75, 3.05) is 6.61 Å². The van der Waals surface area contributed by atoms with Crippen LogP contribution in [0.4, 0.5) is 13.2 Å². The first kappa shape index (κ1) is 25.0. The predicted molar refractivity (Wildman–Crippen MR) is 116 cm³/mol. The van der Waals surface area contributed by atoms with E-state index in [9.17, 15) is 22.8 Å². The van der Waals surface area contributed by atoms with E-state index in [4.69, 9.17) is 37.4 Å². The summed E-state index contributed by atoms with van der Waals surface area (Å²) in [5, 5.41) is 7.62. The lowest BCUT2D eigenvalue weighted by Crippen LogP contribution is -2.32. The Labute approximate surface area is 206 Å². The summed E-state index contributed by atoms with van der Waals surface area (Å²) in [6.45, 7) is -0.396. The van der Waals surface area contributed by atoms with Crippen LogP contribution in [0.2, 0.25) is 10.0 Å². The number of halogens is 5. The van der Waals surface area contributed by atoms with Crippen LogP contribution >= 0.6 is 23.2 Å². The minimum Gasteiger partial charge on any atom is -0.459 e. The fourth-order valence-corrected chi connectivity index (χ4v) is 3.65. The molecular formula is C22H16Cl2F3N3O5.